The quantitative estimate of drug-likeness (QED) is 0.121. The summed E-state index contributed by atoms with van der Waals surface area (Å²) in [6, 6.07) is 38.7. The molecular formula is C36H42Cl2FeN10O8. The number of hydrogen-bond donors (Lipinski definition) is 0. The number of nitrogens with zero attached hydrogens (tertiary/aromatic N) is 10. The fraction of sp³-hybridized carbons (Fsp3) is 0.222. The summed E-state index contributed by atoms with van der Waals surface area (Å²) < 4.78 is 67.9. The maximum Gasteiger partial charge on any atom is 2.00 e. The van der Waals surface area contributed by atoms with E-state index >= 15 is 0 Å². The van der Waals surface area contributed by atoms with E-state index in [-0.39, 0.29) is 17.1 Å². The van der Waals surface area contributed by atoms with Gasteiger partial charge in [-0.25, -0.2) is 37.3 Å². The topological polar surface area (TPSA) is 337 Å². The van der Waals surface area contributed by atoms with Crippen molar-refractivity contribution in [2.24, 2.45) is 10.2 Å². The third-order valence-electron chi connectivity index (χ3n) is 4.93. The van der Waals surface area contributed by atoms with E-state index in [2.05, 4.69) is 20.2 Å². The van der Waals surface area contributed by atoms with E-state index in [1.165, 1.54) is 27.7 Å². The van der Waals surface area contributed by atoms with E-state index in [4.69, 9.17) is 58.3 Å². The van der Waals surface area contributed by atoms with Crippen LogP contribution in [0.5, 0.6) is 0 Å². The first-order chi connectivity index (χ1) is 26.2. The van der Waals surface area contributed by atoms with E-state index in [0.29, 0.717) is 0 Å². The van der Waals surface area contributed by atoms with Crippen LogP contribution >= 0.6 is 0 Å². The average molecular weight is 870 g/mol. The molecule has 0 bridgehead atoms. The van der Waals surface area contributed by atoms with Crippen LogP contribution in [0.4, 0.5) is 11.4 Å². The Morgan fingerprint density at radius 2 is 0.702 bits per heavy atom. The van der Waals surface area contributed by atoms with Crippen molar-refractivity contribution in [1.82, 2.24) is 9.97 Å². The molecule has 0 aliphatic rings. The summed E-state index contributed by atoms with van der Waals surface area (Å²) in [6.07, 6.45) is 3.55. The molecule has 306 valence electrons. The second-order valence-corrected chi connectivity index (χ2v) is 10.7. The van der Waals surface area contributed by atoms with Gasteiger partial charge in [0.05, 0.1) is 58.5 Å². The van der Waals surface area contributed by atoms with Gasteiger partial charge >= 0.3 is 17.1 Å². The Labute approximate surface area is 348 Å². The number of aromatic nitrogens is 2. The smallest absolute Gasteiger partial charge is 0.268 e. The van der Waals surface area contributed by atoms with E-state index in [9.17, 15) is 0 Å². The SMILES string of the molecule is C/C(=N\N(C)c1ccccc1)c1ccccn1.C/C(=N\N(C)c1ccccc1)c1ccccn1.CC#N.CC#N.CC#N.CC#N.[Fe+2].[O-][Cl+3]([O-])([O-])[O-].[O-][Cl+3]([O-])([O-])[O-]. The molecule has 0 aliphatic heterocycles. The van der Waals surface area contributed by atoms with Gasteiger partial charge in [0.2, 0.25) is 0 Å². The molecule has 2 aromatic heterocycles. The predicted molar refractivity (Wildman–Crippen MR) is 188 cm³/mol. The molecule has 18 nitrogen and oxygen atoms in total. The minimum atomic E-state index is -4.94. The summed E-state index contributed by atoms with van der Waals surface area (Å²) in [5.41, 5.74) is 5.71. The van der Waals surface area contributed by atoms with Crippen LogP contribution in [-0.4, -0.2) is 35.5 Å². The largest absolute Gasteiger partial charge is 2.00 e. The van der Waals surface area contributed by atoms with Crippen molar-refractivity contribution in [3.8, 4) is 24.3 Å². The van der Waals surface area contributed by atoms with E-state index in [1.54, 1.807) is 36.7 Å². The van der Waals surface area contributed by atoms with Crippen molar-refractivity contribution in [2.75, 3.05) is 24.1 Å². The summed E-state index contributed by atoms with van der Waals surface area (Å²) in [5, 5.41) is 42.0. The molecule has 0 amide bonds. The number of hydrazone groups is 2. The third kappa shape index (κ3) is 46.5. The van der Waals surface area contributed by atoms with Crippen molar-refractivity contribution in [3.05, 3.63) is 121 Å². The Kier molecular flexibility index (Phi) is 41.2. The molecule has 4 aromatic rings. The summed E-state index contributed by atoms with van der Waals surface area (Å²) >= 11 is 0. The van der Waals surface area contributed by atoms with Crippen molar-refractivity contribution in [2.45, 2.75) is 41.5 Å². The van der Waals surface area contributed by atoms with Crippen LogP contribution in [0.1, 0.15) is 52.9 Å². The predicted octanol–water partition coefficient (Wildman–Crippen LogP) is -1.51. The number of nitriles is 4. The van der Waals surface area contributed by atoms with Gasteiger partial charge in [0.25, 0.3) is 0 Å². The molecule has 0 unspecified atom stereocenters. The van der Waals surface area contributed by atoms with Gasteiger partial charge in [-0.05, 0) is 62.4 Å². The summed E-state index contributed by atoms with van der Waals surface area (Å²) in [7, 11) is -6.02. The number of para-hydroxylation sites is 2. The first kappa shape index (κ1) is 60.7. The standard InChI is InChI=1S/2C14H15N3.4C2H3N.2ClHO4.Fe/c2*1-12(14-10-6-7-11-15-14)16-17(2)13-8-4-3-5-9-13;4*1-2-3;2*2-1(3,4)5;/h2*3-11H,1-2H3;4*1H3;2*(H,2,3,4,5);/q;;;;;;;;+2/p-2/b2*16-12+;;;;;;;. The van der Waals surface area contributed by atoms with E-state index < -0.39 is 20.5 Å². The molecule has 0 aliphatic carbocycles. The number of hydrogen-bond acceptors (Lipinski definition) is 18. The monoisotopic (exact) mass is 868 g/mol. The van der Waals surface area contributed by atoms with Crippen molar-refractivity contribution in [3.63, 3.8) is 0 Å². The molecule has 2 aromatic carbocycles. The van der Waals surface area contributed by atoms with E-state index in [1.807, 2.05) is 135 Å². The zero-order valence-electron chi connectivity index (χ0n) is 32.2. The maximum absolute atomic E-state index is 8.49. The summed E-state index contributed by atoms with van der Waals surface area (Å²) in [5.74, 6) is 0. The molecule has 0 spiro atoms. The number of halogens is 2. The molecule has 57 heavy (non-hydrogen) atoms. The van der Waals surface area contributed by atoms with Crippen LogP contribution in [0.3, 0.4) is 0 Å². The maximum atomic E-state index is 8.49. The first-order valence-electron chi connectivity index (χ1n) is 15.2. The fourth-order valence-electron chi connectivity index (χ4n) is 3.11. The second-order valence-electron chi connectivity index (χ2n) is 9.17. The number of rotatable bonds is 6. The Bertz CT molecular complexity index is 1610. The third-order valence-corrected chi connectivity index (χ3v) is 4.93. The van der Waals surface area contributed by atoms with Crippen LogP contribution < -0.4 is 47.3 Å². The van der Waals surface area contributed by atoms with Gasteiger partial charge in [-0.2, -0.15) is 31.3 Å². The molecule has 0 saturated heterocycles. The van der Waals surface area contributed by atoms with Gasteiger partial charge in [-0.3, -0.25) is 20.0 Å². The minimum Gasteiger partial charge on any atom is -0.268 e. The van der Waals surface area contributed by atoms with Crippen LogP contribution in [-0.2, 0) is 17.1 Å². The zero-order valence-corrected chi connectivity index (χ0v) is 34.9. The molecule has 0 radical (unpaired) electrons. The molecule has 0 N–H and O–H groups in total. The normalized spacial score (nSPS) is 9.40. The van der Waals surface area contributed by atoms with Crippen LogP contribution in [0.15, 0.2) is 120 Å². The Morgan fingerprint density at radius 3 is 0.895 bits per heavy atom. The van der Waals surface area contributed by atoms with Gasteiger partial charge in [0.15, 0.2) is 0 Å². The van der Waals surface area contributed by atoms with E-state index in [0.717, 1.165) is 34.2 Å². The van der Waals surface area contributed by atoms with Gasteiger partial charge in [0, 0.05) is 54.2 Å². The van der Waals surface area contributed by atoms with Gasteiger partial charge in [0.1, 0.15) is 0 Å². The average Bonchev–Trinajstić information content (AvgIpc) is 3.13. The second kappa shape index (κ2) is 38.7. The molecule has 21 heteroatoms. The summed E-state index contributed by atoms with van der Waals surface area (Å²) in [6.45, 7) is 9.64. The minimum absolute atomic E-state index is 0. The zero-order chi connectivity index (χ0) is 44.0. The molecular weight excluding hydrogens is 827 g/mol. The van der Waals surface area contributed by atoms with Gasteiger partial charge in [-0.1, -0.05) is 48.5 Å². The van der Waals surface area contributed by atoms with Crippen molar-refractivity contribution < 1.29 is 74.8 Å². The molecule has 0 atom stereocenters. The van der Waals surface area contributed by atoms with Crippen molar-refractivity contribution in [1.29, 1.82) is 21.0 Å². The Balaban J connectivity index is -0.000000208. The van der Waals surface area contributed by atoms with Crippen LogP contribution in [0.2, 0.25) is 0 Å². The molecule has 4 rings (SSSR count). The Hall–Kier alpha value is -5.58. The Morgan fingerprint density at radius 1 is 0.491 bits per heavy atom. The molecule has 0 fully saturated rings. The summed E-state index contributed by atoms with van der Waals surface area (Å²) in [4.78, 5) is 8.54. The van der Waals surface area contributed by atoms with Gasteiger partial charge in [-0.15, -0.1) is 20.5 Å². The van der Waals surface area contributed by atoms with Gasteiger partial charge < -0.3 is 0 Å². The number of benzene rings is 2. The molecule has 2 heterocycles. The van der Waals surface area contributed by atoms with Crippen molar-refractivity contribution >= 4 is 22.8 Å². The van der Waals surface area contributed by atoms with Crippen LogP contribution in [0, 0.1) is 65.8 Å². The molecule has 0 saturated carbocycles. The number of pyridine rings is 2. The van der Waals surface area contributed by atoms with Crippen LogP contribution in [0.25, 0.3) is 0 Å². The first-order valence-corrected chi connectivity index (χ1v) is 17.6. The number of anilines is 2. The fourth-order valence-corrected chi connectivity index (χ4v) is 3.11.